The summed E-state index contributed by atoms with van der Waals surface area (Å²) in [7, 11) is -5.92. The average molecular weight is 929 g/mol. The Balaban J connectivity index is 1.50. The van der Waals surface area contributed by atoms with Crippen molar-refractivity contribution < 1.29 is 28.2 Å². The molecule has 1 aliphatic heterocycles. The summed E-state index contributed by atoms with van der Waals surface area (Å²) >= 11 is 0. The van der Waals surface area contributed by atoms with E-state index >= 15 is 0 Å². The van der Waals surface area contributed by atoms with E-state index in [0.717, 1.165) is 64.2 Å². The van der Waals surface area contributed by atoms with E-state index in [1.807, 2.05) is 0 Å². The highest BCUT2D eigenvalue weighted by molar-refractivity contribution is 7.00. The number of carbonyl (C=O) groups is 1. The van der Waals surface area contributed by atoms with Gasteiger partial charge in [-0.15, -0.1) is 0 Å². The van der Waals surface area contributed by atoms with E-state index in [1.165, 1.54) is 20.7 Å². The molecule has 1 N–H and O–H groups in total. The Hall–Kier alpha value is -3.90. The zero-order valence-electron chi connectivity index (χ0n) is 41.4. The second kappa shape index (κ2) is 23.4. The number of aliphatic carboxylic acids is 1. The average Bonchev–Trinajstić information content (AvgIpc) is 3.62. The predicted molar refractivity (Wildman–Crippen MR) is 278 cm³/mol. The van der Waals surface area contributed by atoms with Gasteiger partial charge in [0, 0.05) is 18.9 Å². The van der Waals surface area contributed by atoms with Gasteiger partial charge in [0.05, 0.1) is 17.8 Å². The molecule has 0 bridgehead atoms. The largest absolute Gasteiger partial charge is 0.481 e. The predicted octanol–water partition coefficient (Wildman–Crippen LogP) is 12.2. The summed E-state index contributed by atoms with van der Waals surface area (Å²) in [4.78, 5) is 11.4. The molecule has 4 aromatic rings. The third-order valence-corrected chi connectivity index (χ3v) is 24.4. The molecule has 0 amide bonds. The van der Waals surface area contributed by atoms with Gasteiger partial charge in [-0.2, -0.15) is 0 Å². The molecule has 6 nitrogen and oxygen atoms in total. The van der Waals surface area contributed by atoms with Crippen molar-refractivity contribution in [2.75, 3.05) is 6.61 Å². The third-order valence-electron chi connectivity index (χ3n) is 14.2. The van der Waals surface area contributed by atoms with Gasteiger partial charge >= 0.3 is 5.97 Å². The van der Waals surface area contributed by atoms with Gasteiger partial charge in [-0.05, 0) is 95.0 Å². The second-order valence-electron chi connectivity index (χ2n) is 21.2. The molecule has 1 aliphatic carbocycles. The van der Waals surface area contributed by atoms with Crippen LogP contribution in [0.1, 0.15) is 132 Å². The lowest BCUT2D eigenvalue weighted by atomic mass is 9.87. The molecule has 0 aromatic heterocycles. The zero-order valence-corrected chi connectivity index (χ0v) is 43.4. The Morgan fingerprint density at radius 1 is 0.697 bits per heavy atom. The fraction of sp³-hybridized carbons (Fsp3) is 0.500. The summed E-state index contributed by atoms with van der Waals surface area (Å²) in [5.74, 6) is -0.689. The molecule has 66 heavy (non-hydrogen) atoms. The minimum absolute atomic E-state index is 0.00401. The van der Waals surface area contributed by atoms with Crippen LogP contribution in [0.25, 0.3) is 0 Å². The smallest absolute Gasteiger partial charge is 0.303 e. The van der Waals surface area contributed by atoms with E-state index in [1.54, 1.807) is 0 Å². The highest BCUT2D eigenvalue weighted by atomic mass is 28.4. The molecule has 8 heteroatoms. The Labute approximate surface area is 400 Å². The number of hydrogen-bond donors (Lipinski definition) is 1. The van der Waals surface area contributed by atoms with Crippen molar-refractivity contribution >= 4 is 43.4 Å². The van der Waals surface area contributed by atoms with Gasteiger partial charge in [0.2, 0.25) is 0 Å². The minimum Gasteiger partial charge on any atom is -0.481 e. The summed E-state index contributed by atoms with van der Waals surface area (Å²) in [6.45, 7) is 19.5. The molecule has 2 fully saturated rings. The standard InChI is InChI=1S/C58H80O6Si2/c1-9-10-28-42-58(8,64-66(57(5,6)7,48-34-21-15-22-35-48)49-36-23-16-24-37-49)43-41-51-50(38-25-11-12-26-39-54(59)60)53(45-52(51)62-55-40-27-29-44-61-55)63-65(56(2,3)4,46-30-17-13-18-31-46)47-32-19-14-20-33-47/h11,13-25,30-37,41,43,50-53,55H,9-10,12,26-29,38-40,42,44-45H2,1-8H3,(H,59,60)/t50-,51-,52-,53+,55?,58?/m1/s1. The molecule has 2 unspecified atom stereocenters. The lowest BCUT2D eigenvalue weighted by Crippen LogP contribution is -2.69. The molecule has 0 radical (unpaired) electrons. The number of unbranched alkanes of at least 4 members (excludes halogenated alkanes) is 3. The molecule has 2 aliphatic rings. The number of ether oxygens (including phenoxy) is 2. The molecular weight excluding hydrogens is 849 g/mol. The van der Waals surface area contributed by atoms with E-state index in [-0.39, 0.29) is 46.8 Å². The summed E-state index contributed by atoms with van der Waals surface area (Å²) in [5, 5.41) is 14.1. The van der Waals surface area contributed by atoms with E-state index in [9.17, 15) is 9.90 Å². The SMILES string of the molecule is CCCCCC(C)(C=C[C@@H]1[C@@H](CC=CCCCC(=O)O)[C@@H](O[Si](c2ccccc2)(c2ccccc2)C(C)(C)C)C[C@H]1OC1CCCCO1)O[Si](c1ccccc1)(c1ccccc1)C(C)(C)C. The molecular formula is C58H80O6Si2. The van der Waals surface area contributed by atoms with Crippen LogP contribution in [0.15, 0.2) is 146 Å². The van der Waals surface area contributed by atoms with Crippen molar-refractivity contribution in [3.63, 3.8) is 0 Å². The van der Waals surface area contributed by atoms with Crippen LogP contribution in [0.2, 0.25) is 10.1 Å². The van der Waals surface area contributed by atoms with Gasteiger partial charge in [0.1, 0.15) is 0 Å². The van der Waals surface area contributed by atoms with Gasteiger partial charge in [-0.1, -0.05) is 213 Å². The second-order valence-corrected chi connectivity index (χ2v) is 29.6. The van der Waals surface area contributed by atoms with Crippen molar-refractivity contribution in [1.82, 2.24) is 0 Å². The maximum absolute atomic E-state index is 11.4. The van der Waals surface area contributed by atoms with Gasteiger partial charge in [0.15, 0.2) is 6.29 Å². The van der Waals surface area contributed by atoms with E-state index in [4.69, 9.17) is 18.3 Å². The van der Waals surface area contributed by atoms with Gasteiger partial charge in [-0.25, -0.2) is 0 Å². The zero-order chi connectivity index (χ0) is 47.3. The maximum Gasteiger partial charge on any atom is 0.303 e. The normalized spacial score (nSPS) is 21.9. The summed E-state index contributed by atoms with van der Waals surface area (Å²) < 4.78 is 29.8. The summed E-state index contributed by atoms with van der Waals surface area (Å²) in [5.41, 5.74) is -0.597. The quantitative estimate of drug-likeness (QED) is 0.0481. The Morgan fingerprint density at radius 2 is 1.23 bits per heavy atom. The molecule has 6 atom stereocenters. The van der Waals surface area contributed by atoms with Gasteiger partial charge < -0.3 is 23.4 Å². The Kier molecular flexibility index (Phi) is 18.3. The summed E-state index contributed by atoms with van der Waals surface area (Å²) in [6.07, 6.45) is 19.1. The van der Waals surface area contributed by atoms with Crippen molar-refractivity contribution in [3.8, 4) is 0 Å². The van der Waals surface area contributed by atoms with Gasteiger partial charge in [-0.3, -0.25) is 4.79 Å². The molecule has 0 spiro atoms. The topological polar surface area (TPSA) is 74.2 Å². The minimum atomic E-state index is -2.97. The first-order chi connectivity index (χ1) is 31.6. The molecule has 1 heterocycles. The number of hydrogen-bond acceptors (Lipinski definition) is 5. The number of rotatable bonds is 22. The van der Waals surface area contributed by atoms with Crippen LogP contribution < -0.4 is 20.7 Å². The Morgan fingerprint density at radius 3 is 1.70 bits per heavy atom. The summed E-state index contributed by atoms with van der Waals surface area (Å²) in [6, 6.07) is 44.0. The molecule has 4 aromatic carbocycles. The molecule has 1 saturated heterocycles. The van der Waals surface area contributed by atoms with E-state index < -0.39 is 28.2 Å². The highest BCUT2D eigenvalue weighted by Gasteiger charge is 2.56. The fourth-order valence-corrected chi connectivity index (χ4v) is 20.4. The number of benzene rings is 4. The number of carboxylic acid groups (broad SMARTS) is 1. The fourth-order valence-electron chi connectivity index (χ4n) is 10.8. The van der Waals surface area contributed by atoms with Crippen molar-refractivity contribution in [2.24, 2.45) is 11.8 Å². The number of allylic oxidation sites excluding steroid dienone is 2. The molecule has 6 rings (SSSR count). The van der Waals surface area contributed by atoms with Crippen LogP contribution in [0.4, 0.5) is 0 Å². The first kappa shape index (κ1) is 51.5. The maximum atomic E-state index is 11.4. The van der Waals surface area contributed by atoms with E-state index in [2.05, 4.69) is 201 Å². The monoisotopic (exact) mass is 929 g/mol. The number of carboxylic acids is 1. The molecule has 356 valence electrons. The lowest BCUT2D eigenvalue weighted by Gasteiger charge is -2.48. The third kappa shape index (κ3) is 12.4. The van der Waals surface area contributed by atoms with Crippen molar-refractivity contribution in [2.45, 2.75) is 167 Å². The van der Waals surface area contributed by atoms with Crippen LogP contribution >= 0.6 is 0 Å². The van der Waals surface area contributed by atoms with Crippen LogP contribution in [0.3, 0.4) is 0 Å². The van der Waals surface area contributed by atoms with Crippen LogP contribution in [-0.4, -0.2) is 58.4 Å². The van der Waals surface area contributed by atoms with Crippen LogP contribution in [-0.2, 0) is 23.1 Å². The van der Waals surface area contributed by atoms with Gasteiger partial charge in [0.25, 0.3) is 16.6 Å². The molecule has 1 saturated carbocycles. The van der Waals surface area contributed by atoms with Crippen LogP contribution in [0.5, 0.6) is 0 Å². The van der Waals surface area contributed by atoms with E-state index in [0.29, 0.717) is 13.0 Å². The lowest BCUT2D eigenvalue weighted by molar-refractivity contribution is -0.193. The Bertz CT molecular complexity index is 2030. The van der Waals surface area contributed by atoms with Crippen molar-refractivity contribution in [1.29, 1.82) is 0 Å². The van der Waals surface area contributed by atoms with Crippen molar-refractivity contribution in [3.05, 3.63) is 146 Å². The van der Waals surface area contributed by atoms with Crippen LogP contribution in [0, 0.1) is 11.8 Å². The highest BCUT2D eigenvalue weighted by Crippen LogP contribution is 2.47. The first-order valence-corrected chi connectivity index (χ1v) is 28.9. The first-order valence-electron chi connectivity index (χ1n) is 25.1.